The van der Waals surface area contributed by atoms with Crippen LogP contribution in [0.25, 0.3) is 11.0 Å². The zero-order chi connectivity index (χ0) is 47.5. The maximum Gasteiger partial charge on any atom is 0.297 e. The maximum absolute atomic E-state index is 14.7. The van der Waals surface area contributed by atoms with Crippen LogP contribution in [-0.4, -0.2) is 72.4 Å². The number of amides is 1. The summed E-state index contributed by atoms with van der Waals surface area (Å²) in [6, 6.07) is 18.4. The first-order chi connectivity index (χ1) is 32.5. The van der Waals surface area contributed by atoms with Gasteiger partial charge in [0.25, 0.3) is 21.6 Å². The number of likely N-dealkylation sites (tertiary alicyclic amines) is 1. The van der Waals surface area contributed by atoms with E-state index in [-0.39, 0.29) is 51.9 Å². The third-order valence-corrected chi connectivity index (χ3v) is 17.1. The summed E-state index contributed by atoms with van der Waals surface area (Å²) in [4.78, 5) is 37.5. The van der Waals surface area contributed by atoms with Crippen molar-refractivity contribution in [3.8, 4) is 17.2 Å². The number of carbonyl (C=O) groups excluding carboxylic acids is 1. The lowest BCUT2D eigenvalue weighted by Crippen LogP contribution is -2.54. The number of carbonyl (C=O) groups is 1. The summed E-state index contributed by atoms with van der Waals surface area (Å²) in [5.41, 5.74) is 4.15. The number of piperidine rings is 1. The number of hydrogen-bond donors (Lipinski definition) is 3. The van der Waals surface area contributed by atoms with Gasteiger partial charge in [-0.25, -0.2) is 22.5 Å². The molecule has 3 aliphatic heterocycles. The average Bonchev–Trinajstić information content (AvgIpc) is 3.94. The van der Waals surface area contributed by atoms with Crippen molar-refractivity contribution in [1.82, 2.24) is 19.6 Å². The highest BCUT2D eigenvalue weighted by atomic mass is 32.2. The molecule has 3 N–H and O–H groups in total. The minimum absolute atomic E-state index is 0.0229. The summed E-state index contributed by atoms with van der Waals surface area (Å²) in [5.74, 6) is -0.412. The number of fused-ring (bicyclic) bond motifs is 2. The number of aromatic nitrogens is 2. The van der Waals surface area contributed by atoms with E-state index in [2.05, 4.69) is 81.8 Å². The van der Waals surface area contributed by atoms with Crippen molar-refractivity contribution in [2.75, 3.05) is 36.5 Å². The van der Waals surface area contributed by atoms with Gasteiger partial charge in [-0.3, -0.25) is 19.8 Å². The number of anilines is 2. The predicted octanol–water partition coefficient (Wildman–Crippen LogP) is 11.0. The van der Waals surface area contributed by atoms with Gasteiger partial charge in [0.05, 0.1) is 33.0 Å². The molecule has 360 valence electrons. The lowest BCUT2D eigenvalue weighted by Gasteiger charge is -2.56. The van der Waals surface area contributed by atoms with Crippen LogP contribution in [0.1, 0.15) is 132 Å². The number of nitrogens with zero attached hydrogens (tertiary/aromatic N) is 4. The molecular formula is C52H62FN7O7S. The molecule has 3 aromatic carbocycles. The summed E-state index contributed by atoms with van der Waals surface area (Å²) in [7, 11) is -4.68. The molecule has 2 atom stereocenters. The van der Waals surface area contributed by atoms with E-state index in [4.69, 9.17) is 9.47 Å². The Balaban J connectivity index is 0.853. The first kappa shape index (κ1) is 46.0. The van der Waals surface area contributed by atoms with Gasteiger partial charge in [0.2, 0.25) is 0 Å². The fourth-order valence-electron chi connectivity index (χ4n) is 11.9. The highest BCUT2D eigenvalue weighted by Crippen LogP contribution is 2.54. The van der Waals surface area contributed by atoms with E-state index in [0.717, 1.165) is 76.3 Å². The fourth-order valence-corrected chi connectivity index (χ4v) is 12.9. The number of nitro benzene ring substituents is 1. The Kier molecular flexibility index (Phi) is 12.2. The molecule has 5 aliphatic rings. The van der Waals surface area contributed by atoms with Crippen LogP contribution in [-0.2, 0) is 10.0 Å². The van der Waals surface area contributed by atoms with Gasteiger partial charge in [-0.05, 0) is 129 Å². The molecule has 16 heteroatoms. The number of hydrogen-bond acceptors (Lipinski definition) is 11. The molecule has 14 nitrogen and oxygen atoms in total. The Labute approximate surface area is 397 Å². The van der Waals surface area contributed by atoms with Crippen molar-refractivity contribution in [2.24, 2.45) is 16.7 Å². The Hall–Kier alpha value is -5.74. The number of pyridine rings is 1. The predicted molar refractivity (Wildman–Crippen MR) is 260 cm³/mol. The SMILES string of the molecule is CC(C)c1ccccc1[C@H]1CCCN1C1CC2(CCN(c3ccc(C(=O)NS(=O)(=O)c4cc5c(c([N+](=O)[O-])c4)N[C@@H](CC4CCC(C)(C)CC4)CO5)c(Oc4cnc5[nH]cc(F)c5c4)c3)CC2)C1. The number of benzene rings is 3. The van der Waals surface area contributed by atoms with Crippen LogP contribution in [0.2, 0.25) is 0 Å². The second-order valence-electron chi connectivity index (χ2n) is 21.2. The van der Waals surface area contributed by atoms with Crippen LogP contribution in [0, 0.1) is 32.7 Å². The van der Waals surface area contributed by atoms with Gasteiger partial charge in [0.1, 0.15) is 29.6 Å². The van der Waals surface area contributed by atoms with E-state index >= 15 is 0 Å². The van der Waals surface area contributed by atoms with Gasteiger partial charge in [0.15, 0.2) is 11.4 Å². The van der Waals surface area contributed by atoms with Crippen LogP contribution in [0.3, 0.4) is 0 Å². The molecule has 0 bridgehead atoms. The van der Waals surface area contributed by atoms with Gasteiger partial charge < -0.3 is 24.7 Å². The summed E-state index contributed by atoms with van der Waals surface area (Å²) < 4.78 is 57.1. The fraction of sp³-hybridized carbons (Fsp3) is 0.500. The molecule has 2 saturated carbocycles. The number of nitro groups is 1. The first-order valence-electron chi connectivity index (χ1n) is 24.4. The summed E-state index contributed by atoms with van der Waals surface area (Å²) in [5, 5.41) is 15.9. The van der Waals surface area contributed by atoms with Crippen molar-refractivity contribution in [2.45, 2.75) is 127 Å². The second kappa shape index (κ2) is 18.0. The smallest absolute Gasteiger partial charge is 0.297 e. The second-order valence-corrected chi connectivity index (χ2v) is 22.9. The van der Waals surface area contributed by atoms with E-state index in [0.29, 0.717) is 35.0 Å². The van der Waals surface area contributed by atoms with Gasteiger partial charge in [-0.2, -0.15) is 0 Å². The summed E-state index contributed by atoms with van der Waals surface area (Å²) in [6.45, 7) is 12.0. The Morgan fingerprint density at radius 2 is 1.79 bits per heavy atom. The largest absolute Gasteiger partial charge is 0.489 e. The van der Waals surface area contributed by atoms with Crippen molar-refractivity contribution < 1.29 is 32.0 Å². The topological polar surface area (TPSA) is 172 Å². The van der Waals surface area contributed by atoms with Gasteiger partial charge in [-0.1, -0.05) is 52.0 Å². The molecule has 68 heavy (non-hydrogen) atoms. The van der Waals surface area contributed by atoms with Crippen molar-refractivity contribution >= 4 is 44.0 Å². The standard InChI is InChI=1S/C52H62FN7O7S/c1-32(2)39-8-5-6-9-40(39)44-10-7-19-59(44)36-27-52(28-36)17-20-58(21-18-52)35-11-12-41(46(23-35)67-37-24-42-43(53)30-55-49(42)54-29-37)50(61)57-68(64,65)38-25-45(60(62)63)48-47(26-38)66-31-34(56-48)22-33-13-15-51(3,4)16-14-33/h5-6,8-9,11-12,23-26,29-30,32-34,36,44,56H,7,10,13-22,27-28,31H2,1-4H3,(H,54,55)(H,57,61)/t34-,44+/m0/s1. The molecular weight excluding hydrogens is 886 g/mol. The van der Waals surface area contributed by atoms with E-state index in [1.54, 1.807) is 12.1 Å². The highest BCUT2D eigenvalue weighted by Gasteiger charge is 2.50. The van der Waals surface area contributed by atoms with E-state index in [1.807, 2.05) is 0 Å². The summed E-state index contributed by atoms with van der Waals surface area (Å²) >= 11 is 0. The average molecular weight is 948 g/mol. The van der Waals surface area contributed by atoms with Gasteiger partial charge >= 0.3 is 0 Å². The monoisotopic (exact) mass is 947 g/mol. The van der Waals surface area contributed by atoms with Crippen LogP contribution >= 0.6 is 0 Å². The number of aromatic amines is 1. The lowest BCUT2D eigenvalue weighted by molar-refractivity contribution is -0.384. The molecule has 1 spiro atoms. The number of nitrogens with one attached hydrogen (secondary N) is 3. The number of rotatable bonds is 12. The molecule has 1 amide bonds. The minimum Gasteiger partial charge on any atom is -0.489 e. The van der Waals surface area contributed by atoms with Crippen molar-refractivity contribution in [3.63, 3.8) is 0 Å². The Morgan fingerprint density at radius 1 is 1.03 bits per heavy atom. The number of sulfonamides is 1. The zero-order valence-electron chi connectivity index (χ0n) is 39.4. The molecule has 4 fully saturated rings. The molecule has 10 rings (SSSR count). The Morgan fingerprint density at radius 3 is 2.54 bits per heavy atom. The molecule has 2 aliphatic carbocycles. The molecule has 5 heterocycles. The molecule has 2 saturated heterocycles. The summed E-state index contributed by atoms with van der Waals surface area (Å²) in [6.07, 6.45) is 14.5. The van der Waals surface area contributed by atoms with Gasteiger partial charge in [-0.15, -0.1) is 0 Å². The number of halogens is 1. The van der Waals surface area contributed by atoms with Crippen LogP contribution in [0.5, 0.6) is 17.2 Å². The molecule has 0 radical (unpaired) electrons. The third kappa shape index (κ3) is 9.13. The number of H-pyrrole nitrogens is 1. The Bertz CT molecular complexity index is 2840. The quantitative estimate of drug-likeness (QED) is 0.0803. The van der Waals surface area contributed by atoms with Crippen molar-refractivity contribution in [1.29, 1.82) is 0 Å². The van der Waals surface area contributed by atoms with Crippen molar-refractivity contribution in [3.05, 3.63) is 106 Å². The van der Waals surface area contributed by atoms with Crippen LogP contribution in [0.4, 0.5) is 21.5 Å². The van der Waals surface area contributed by atoms with E-state index in [1.165, 1.54) is 67.4 Å². The minimum atomic E-state index is -4.68. The number of ether oxygens (including phenoxy) is 2. The van der Waals surface area contributed by atoms with E-state index in [9.17, 15) is 27.7 Å². The van der Waals surface area contributed by atoms with Gasteiger partial charge in [0, 0.05) is 55.3 Å². The molecule has 5 aromatic rings. The first-order valence-corrected chi connectivity index (χ1v) is 25.8. The van der Waals surface area contributed by atoms with Crippen LogP contribution < -0.4 is 24.4 Å². The normalized spacial score (nSPS) is 21.8. The van der Waals surface area contributed by atoms with E-state index < -0.39 is 37.3 Å². The zero-order valence-corrected chi connectivity index (χ0v) is 40.2. The lowest BCUT2D eigenvalue weighted by atomic mass is 9.59. The maximum atomic E-state index is 14.7. The molecule has 0 unspecified atom stereocenters. The third-order valence-electron chi connectivity index (χ3n) is 15.8. The molecule has 2 aromatic heterocycles. The van der Waals surface area contributed by atoms with Crippen LogP contribution in [0.15, 0.2) is 78.0 Å². The highest BCUT2D eigenvalue weighted by molar-refractivity contribution is 7.90.